The highest BCUT2D eigenvalue weighted by Crippen LogP contribution is 2.24. The van der Waals surface area contributed by atoms with Gasteiger partial charge in [-0.05, 0) is 19.4 Å². The maximum atomic E-state index is 13.2. The summed E-state index contributed by atoms with van der Waals surface area (Å²) in [7, 11) is 1.80. The number of nitro groups is 1. The largest absolute Gasteiger partial charge is 0.372 e. The van der Waals surface area contributed by atoms with E-state index in [2.05, 4.69) is 0 Å². The Balaban J connectivity index is 3.09. The molecule has 0 spiro atoms. The Kier molecular flexibility index (Phi) is 3.82. The SMILES string of the molecule is CCC(C)N(C)c1cc(F)cc([N+](=O)[O-])c1. The van der Waals surface area contributed by atoms with E-state index in [0.29, 0.717) is 5.69 Å². The number of halogens is 1. The molecule has 0 aliphatic heterocycles. The minimum Gasteiger partial charge on any atom is -0.372 e. The van der Waals surface area contributed by atoms with Gasteiger partial charge in [-0.15, -0.1) is 0 Å². The number of anilines is 1. The van der Waals surface area contributed by atoms with E-state index in [0.717, 1.165) is 12.5 Å². The first kappa shape index (κ1) is 12.4. The van der Waals surface area contributed by atoms with Crippen LogP contribution in [-0.2, 0) is 0 Å². The second-order valence-corrected chi connectivity index (χ2v) is 3.79. The van der Waals surface area contributed by atoms with Crippen LogP contribution >= 0.6 is 0 Å². The fraction of sp³-hybridized carbons (Fsp3) is 0.455. The summed E-state index contributed by atoms with van der Waals surface area (Å²) in [5.74, 6) is -0.584. The first-order valence-electron chi connectivity index (χ1n) is 5.13. The normalized spacial score (nSPS) is 12.2. The van der Waals surface area contributed by atoms with Crippen LogP contribution < -0.4 is 4.90 Å². The number of hydrogen-bond acceptors (Lipinski definition) is 3. The Labute approximate surface area is 93.8 Å². The summed E-state index contributed by atoms with van der Waals surface area (Å²) in [6.07, 6.45) is 0.890. The molecule has 16 heavy (non-hydrogen) atoms. The molecule has 0 aliphatic rings. The third-order valence-electron chi connectivity index (χ3n) is 2.74. The van der Waals surface area contributed by atoms with Crippen molar-refractivity contribution in [1.82, 2.24) is 0 Å². The van der Waals surface area contributed by atoms with E-state index in [1.807, 2.05) is 18.7 Å². The molecule has 1 aromatic carbocycles. The molecule has 0 amide bonds. The molecule has 1 aromatic rings. The monoisotopic (exact) mass is 226 g/mol. The smallest absolute Gasteiger partial charge is 0.274 e. The van der Waals surface area contributed by atoms with Gasteiger partial charge in [0.05, 0.1) is 11.0 Å². The highest BCUT2D eigenvalue weighted by Gasteiger charge is 2.14. The third kappa shape index (κ3) is 2.68. The molecule has 0 aromatic heterocycles. The van der Waals surface area contributed by atoms with Gasteiger partial charge in [0.25, 0.3) is 5.69 Å². The quantitative estimate of drug-likeness (QED) is 0.585. The Morgan fingerprint density at radius 3 is 2.62 bits per heavy atom. The van der Waals surface area contributed by atoms with E-state index in [4.69, 9.17) is 0 Å². The Morgan fingerprint density at radius 2 is 2.12 bits per heavy atom. The lowest BCUT2D eigenvalue weighted by molar-refractivity contribution is -0.385. The fourth-order valence-electron chi connectivity index (χ4n) is 1.40. The van der Waals surface area contributed by atoms with Crippen LogP contribution in [0.3, 0.4) is 0 Å². The second-order valence-electron chi connectivity index (χ2n) is 3.79. The summed E-state index contributed by atoms with van der Waals surface area (Å²) in [4.78, 5) is 11.8. The zero-order valence-electron chi connectivity index (χ0n) is 9.61. The average molecular weight is 226 g/mol. The summed E-state index contributed by atoms with van der Waals surface area (Å²) < 4.78 is 13.2. The molecule has 0 N–H and O–H groups in total. The summed E-state index contributed by atoms with van der Waals surface area (Å²) in [5, 5.41) is 10.6. The Morgan fingerprint density at radius 1 is 1.50 bits per heavy atom. The maximum Gasteiger partial charge on any atom is 0.274 e. The van der Waals surface area contributed by atoms with E-state index in [1.165, 1.54) is 12.1 Å². The van der Waals surface area contributed by atoms with E-state index in [9.17, 15) is 14.5 Å². The van der Waals surface area contributed by atoms with Crippen LogP contribution in [0.15, 0.2) is 18.2 Å². The van der Waals surface area contributed by atoms with Crippen LogP contribution in [-0.4, -0.2) is 18.0 Å². The molecule has 0 saturated carbocycles. The standard InChI is InChI=1S/C11H15FN2O2/c1-4-8(2)13(3)10-5-9(12)6-11(7-10)14(15)16/h5-8H,4H2,1-3H3. The van der Waals surface area contributed by atoms with Crippen molar-refractivity contribution in [2.45, 2.75) is 26.3 Å². The Hall–Kier alpha value is -1.65. The van der Waals surface area contributed by atoms with Gasteiger partial charge in [-0.2, -0.15) is 0 Å². The molecule has 0 radical (unpaired) electrons. The van der Waals surface area contributed by atoms with Crippen LogP contribution in [0.1, 0.15) is 20.3 Å². The molecule has 0 saturated heterocycles. The fourth-order valence-corrected chi connectivity index (χ4v) is 1.40. The number of rotatable bonds is 4. The molecule has 0 aliphatic carbocycles. The molecule has 5 heteroatoms. The number of hydrogen-bond donors (Lipinski definition) is 0. The zero-order valence-corrected chi connectivity index (χ0v) is 9.61. The summed E-state index contributed by atoms with van der Waals surface area (Å²) >= 11 is 0. The first-order chi connectivity index (χ1) is 7.45. The molecule has 4 nitrogen and oxygen atoms in total. The van der Waals surface area contributed by atoms with Gasteiger partial charge >= 0.3 is 0 Å². The van der Waals surface area contributed by atoms with Gasteiger partial charge in [0.1, 0.15) is 5.82 Å². The lowest BCUT2D eigenvalue weighted by atomic mass is 10.2. The van der Waals surface area contributed by atoms with Crippen molar-refractivity contribution in [1.29, 1.82) is 0 Å². The van der Waals surface area contributed by atoms with E-state index in [1.54, 1.807) is 7.05 Å². The van der Waals surface area contributed by atoms with Gasteiger partial charge in [0, 0.05) is 24.8 Å². The number of nitrogens with zero attached hydrogens (tertiary/aromatic N) is 2. The molecule has 1 unspecified atom stereocenters. The van der Waals surface area contributed by atoms with Crippen LogP contribution in [0.5, 0.6) is 0 Å². The van der Waals surface area contributed by atoms with E-state index < -0.39 is 10.7 Å². The number of non-ortho nitro benzene ring substituents is 1. The van der Waals surface area contributed by atoms with Gasteiger partial charge in [0.15, 0.2) is 0 Å². The van der Waals surface area contributed by atoms with Gasteiger partial charge < -0.3 is 4.90 Å². The minimum absolute atomic E-state index is 0.210. The number of nitro benzene ring substituents is 1. The van der Waals surface area contributed by atoms with Crippen molar-refractivity contribution < 1.29 is 9.31 Å². The van der Waals surface area contributed by atoms with Crippen LogP contribution in [0.4, 0.5) is 15.8 Å². The van der Waals surface area contributed by atoms with Crippen molar-refractivity contribution in [2.75, 3.05) is 11.9 Å². The highest BCUT2D eigenvalue weighted by molar-refractivity contribution is 5.53. The van der Waals surface area contributed by atoms with Crippen molar-refractivity contribution >= 4 is 11.4 Å². The van der Waals surface area contributed by atoms with Gasteiger partial charge in [0.2, 0.25) is 0 Å². The van der Waals surface area contributed by atoms with E-state index in [-0.39, 0.29) is 11.7 Å². The molecule has 1 atom stereocenters. The minimum atomic E-state index is -0.586. The lowest BCUT2D eigenvalue weighted by Crippen LogP contribution is -2.28. The second kappa shape index (κ2) is 4.92. The average Bonchev–Trinajstić information content (AvgIpc) is 2.26. The summed E-state index contributed by atoms with van der Waals surface area (Å²) in [6.45, 7) is 3.99. The molecule has 88 valence electrons. The topological polar surface area (TPSA) is 46.4 Å². The maximum absolute atomic E-state index is 13.2. The first-order valence-corrected chi connectivity index (χ1v) is 5.13. The molecule has 0 bridgehead atoms. The van der Waals surface area contributed by atoms with Crippen molar-refractivity contribution in [3.63, 3.8) is 0 Å². The van der Waals surface area contributed by atoms with Crippen LogP contribution in [0, 0.1) is 15.9 Å². The van der Waals surface area contributed by atoms with Crippen molar-refractivity contribution in [2.24, 2.45) is 0 Å². The molecular weight excluding hydrogens is 211 g/mol. The number of benzene rings is 1. The molecule has 1 rings (SSSR count). The van der Waals surface area contributed by atoms with E-state index >= 15 is 0 Å². The van der Waals surface area contributed by atoms with Gasteiger partial charge in [-0.1, -0.05) is 6.92 Å². The molecular formula is C11H15FN2O2. The molecule has 0 fully saturated rings. The highest BCUT2D eigenvalue weighted by atomic mass is 19.1. The van der Waals surface area contributed by atoms with Crippen molar-refractivity contribution in [3.05, 3.63) is 34.1 Å². The van der Waals surface area contributed by atoms with Gasteiger partial charge in [-0.25, -0.2) is 4.39 Å². The lowest BCUT2D eigenvalue weighted by Gasteiger charge is -2.25. The summed E-state index contributed by atoms with van der Waals surface area (Å²) in [5.41, 5.74) is 0.311. The predicted octanol–water partition coefficient (Wildman–Crippen LogP) is 2.97. The predicted molar refractivity (Wildman–Crippen MR) is 61.2 cm³/mol. The zero-order chi connectivity index (χ0) is 12.3. The molecule has 0 heterocycles. The van der Waals surface area contributed by atoms with Gasteiger partial charge in [-0.3, -0.25) is 10.1 Å². The van der Waals surface area contributed by atoms with Crippen LogP contribution in [0.2, 0.25) is 0 Å². The Bertz CT molecular complexity index is 396. The summed E-state index contributed by atoms with van der Waals surface area (Å²) in [6, 6.07) is 3.82. The van der Waals surface area contributed by atoms with Crippen molar-refractivity contribution in [3.8, 4) is 0 Å². The van der Waals surface area contributed by atoms with Crippen LogP contribution in [0.25, 0.3) is 0 Å². The third-order valence-corrected chi connectivity index (χ3v) is 2.74.